The number of aromatic nitrogens is 2. The van der Waals surface area contributed by atoms with Crippen molar-refractivity contribution in [2.75, 3.05) is 40.0 Å². The number of carbonyl (C=O) groups excluding carboxylic acids is 1. The van der Waals surface area contributed by atoms with E-state index in [4.69, 9.17) is 9.47 Å². The monoisotopic (exact) mass is 397 g/mol. The van der Waals surface area contributed by atoms with Gasteiger partial charge in [0.25, 0.3) is 0 Å². The van der Waals surface area contributed by atoms with Gasteiger partial charge in [-0.05, 0) is 24.5 Å². The number of nitrogens with zero attached hydrogens (tertiary/aromatic N) is 3. The van der Waals surface area contributed by atoms with Gasteiger partial charge in [-0.25, -0.2) is 4.79 Å². The Morgan fingerprint density at radius 2 is 1.96 bits per heavy atom. The Balaban J connectivity index is 1.39. The van der Waals surface area contributed by atoms with E-state index in [1.54, 1.807) is 23.5 Å². The number of esters is 1. The molecular formula is C21H23N3O3S. The second-order valence-corrected chi connectivity index (χ2v) is 7.89. The Hall–Kier alpha value is -2.35. The van der Waals surface area contributed by atoms with Crippen LogP contribution in [0.4, 0.5) is 0 Å². The van der Waals surface area contributed by atoms with E-state index in [1.807, 2.05) is 12.1 Å². The third-order valence-electron chi connectivity index (χ3n) is 5.01. The summed E-state index contributed by atoms with van der Waals surface area (Å²) in [6.07, 6.45) is 7.73. The minimum Gasteiger partial charge on any atom is -0.465 e. The molecule has 0 spiro atoms. The molecule has 2 aliphatic rings. The van der Waals surface area contributed by atoms with Crippen molar-refractivity contribution in [1.82, 2.24) is 15.1 Å². The van der Waals surface area contributed by atoms with Gasteiger partial charge >= 0.3 is 5.97 Å². The van der Waals surface area contributed by atoms with Crippen LogP contribution >= 0.6 is 11.3 Å². The fourth-order valence-corrected chi connectivity index (χ4v) is 4.27. The van der Waals surface area contributed by atoms with E-state index in [1.165, 1.54) is 7.11 Å². The van der Waals surface area contributed by atoms with Gasteiger partial charge < -0.3 is 9.47 Å². The van der Waals surface area contributed by atoms with Gasteiger partial charge in [0.1, 0.15) is 10.0 Å². The number of hydrogen-bond donors (Lipinski definition) is 0. The van der Waals surface area contributed by atoms with E-state index in [9.17, 15) is 4.79 Å². The molecule has 1 aliphatic carbocycles. The molecule has 6 nitrogen and oxygen atoms in total. The van der Waals surface area contributed by atoms with Crippen molar-refractivity contribution < 1.29 is 14.3 Å². The number of benzene rings is 1. The molecule has 4 rings (SSSR count). The highest BCUT2D eigenvalue weighted by Gasteiger charge is 2.18. The van der Waals surface area contributed by atoms with E-state index in [0.717, 1.165) is 60.4 Å². The topological polar surface area (TPSA) is 64.5 Å². The predicted molar refractivity (Wildman–Crippen MR) is 109 cm³/mol. The van der Waals surface area contributed by atoms with Crippen LogP contribution in [0.15, 0.2) is 42.5 Å². The first-order valence-electron chi connectivity index (χ1n) is 9.44. The van der Waals surface area contributed by atoms with Crippen LogP contribution in [0.3, 0.4) is 0 Å². The van der Waals surface area contributed by atoms with Gasteiger partial charge in [0.15, 0.2) is 0 Å². The second-order valence-electron chi connectivity index (χ2n) is 6.91. The van der Waals surface area contributed by atoms with Crippen molar-refractivity contribution in [2.24, 2.45) is 5.92 Å². The summed E-state index contributed by atoms with van der Waals surface area (Å²) in [4.78, 5) is 14.0. The number of rotatable bonds is 5. The van der Waals surface area contributed by atoms with E-state index in [2.05, 4.69) is 33.3 Å². The first kappa shape index (κ1) is 19.0. The average molecular weight is 398 g/mol. The summed E-state index contributed by atoms with van der Waals surface area (Å²) in [6.45, 7) is 4.81. The Bertz CT molecular complexity index is 883. The molecule has 1 aromatic heterocycles. The van der Waals surface area contributed by atoms with E-state index in [0.29, 0.717) is 11.5 Å². The summed E-state index contributed by atoms with van der Waals surface area (Å²) >= 11 is 1.56. The molecule has 1 atom stereocenters. The molecular weight excluding hydrogens is 374 g/mol. The summed E-state index contributed by atoms with van der Waals surface area (Å²) in [6, 6.07) is 7.25. The van der Waals surface area contributed by atoms with E-state index >= 15 is 0 Å². The van der Waals surface area contributed by atoms with Crippen molar-refractivity contribution in [3.05, 3.63) is 53.1 Å². The Labute approximate surface area is 168 Å². The lowest BCUT2D eigenvalue weighted by atomic mass is 9.96. The van der Waals surface area contributed by atoms with Crippen molar-refractivity contribution in [2.45, 2.75) is 6.42 Å². The lowest BCUT2D eigenvalue weighted by Gasteiger charge is -2.29. The summed E-state index contributed by atoms with van der Waals surface area (Å²) in [5.41, 5.74) is 2.61. The minimum absolute atomic E-state index is 0.339. The molecule has 146 valence electrons. The van der Waals surface area contributed by atoms with Crippen LogP contribution in [0.1, 0.15) is 21.8 Å². The van der Waals surface area contributed by atoms with Crippen LogP contribution in [0.25, 0.3) is 16.1 Å². The Morgan fingerprint density at radius 3 is 2.64 bits per heavy atom. The number of carbonyl (C=O) groups is 1. The summed E-state index contributed by atoms with van der Waals surface area (Å²) in [5.74, 6) is 0.203. The average Bonchev–Trinajstić information content (AvgIpc) is 3.25. The first-order chi connectivity index (χ1) is 13.7. The lowest BCUT2D eigenvalue weighted by Crippen LogP contribution is -2.39. The number of methoxy groups -OCH3 is 1. The lowest BCUT2D eigenvalue weighted by molar-refractivity contribution is 0.0335. The molecule has 1 aromatic carbocycles. The van der Waals surface area contributed by atoms with Crippen LogP contribution in [0, 0.1) is 5.92 Å². The number of morpholine rings is 1. The zero-order valence-electron chi connectivity index (χ0n) is 15.8. The van der Waals surface area contributed by atoms with Crippen molar-refractivity contribution in [1.29, 1.82) is 0 Å². The molecule has 7 heteroatoms. The highest BCUT2D eigenvalue weighted by atomic mass is 32.1. The molecule has 0 saturated carbocycles. The van der Waals surface area contributed by atoms with Gasteiger partial charge in [0, 0.05) is 30.8 Å². The maximum atomic E-state index is 11.6. The van der Waals surface area contributed by atoms with Gasteiger partial charge in [-0.3, -0.25) is 4.90 Å². The smallest absolute Gasteiger partial charge is 0.337 e. The van der Waals surface area contributed by atoms with Crippen molar-refractivity contribution in [3.8, 4) is 10.6 Å². The zero-order valence-corrected chi connectivity index (χ0v) is 16.7. The normalized spacial score (nSPS) is 20.0. The molecule has 0 radical (unpaired) electrons. The van der Waals surface area contributed by atoms with Crippen LogP contribution in [-0.2, 0) is 9.47 Å². The molecule has 2 heterocycles. The van der Waals surface area contributed by atoms with Gasteiger partial charge in [-0.15, -0.1) is 10.2 Å². The van der Waals surface area contributed by atoms with Gasteiger partial charge in [0.2, 0.25) is 0 Å². The van der Waals surface area contributed by atoms with Crippen LogP contribution in [0.2, 0.25) is 0 Å². The Kier molecular flexibility index (Phi) is 5.95. The molecule has 0 amide bonds. The largest absolute Gasteiger partial charge is 0.465 e. The third-order valence-corrected chi connectivity index (χ3v) is 6.03. The van der Waals surface area contributed by atoms with E-state index in [-0.39, 0.29) is 5.97 Å². The molecule has 28 heavy (non-hydrogen) atoms. The van der Waals surface area contributed by atoms with Gasteiger partial charge in [-0.2, -0.15) is 0 Å². The summed E-state index contributed by atoms with van der Waals surface area (Å²) in [7, 11) is 1.38. The van der Waals surface area contributed by atoms with Gasteiger partial charge in [0.05, 0.1) is 25.9 Å². The standard InChI is InChI=1S/C21H23N3O3S/c1-26-21(25)18-8-6-17(7-9-18)20-23-22-19(28-20)16-4-2-15(3-5-16)14-24-10-12-27-13-11-24/h2,4-9,15H,3,10-14H2,1H3. The number of ether oxygens (including phenoxy) is 2. The molecule has 0 N–H and O–H groups in total. The van der Waals surface area contributed by atoms with Crippen LogP contribution < -0.4 is 0 Å². The first-order valence-corrected chi connectivity index (χ1v) is 10.3. The zero-order chi connectivity index (χ0) is 19.3. The molecule has 1 fully saturated rings. The second kappa shape index (κ2) is 8.77. The maximum Gasteiger partial charge on any atom is 0.337 e. The molecule has 1 saturated heterocycles. The van der Waals surface area contributed by atoms with Crippen molar-refractivity contribution >= 4 is 22.9 Å². The minimum atomic E-state index is -0.339. The highest BCUT2D eigenvalue weighted by molar-refractivity contribution is 7.15. The fraction of sp³-hybridized carbons (Fsp3) is 0.381. The molecule has 2 aromatic rings. The van der Waals surface area contributed by atoms with Crippen molar-refractivity contribution in [3.63, 3.8) is 0 Å². The summed E-state index contributed by atoms with van der Waals surface area (Å²) < 4.78 is 10.2. The van der Waals surface area contributed by atoms with Crippen LogP contribution in [-0.4, -0.2) is 61.0 Å². The Morgan fingerprint density at radius 1 is 1.21 bits per heavy atom. The number of allylic oxidation sites excluding steroid dienone is 3. The quantitative estimate of drug-likeness (QED) is 0.722. The predicted octanol–water partition coefficient (Wildman–Crippen LogP) is 3.28. The molecule has 1 unspecified atom stereocenters. The van der Waals surface area contributed by atoms with Crippen LogP contribution in [0.5, 0.6) is 0 Å². The van der Waals surface area contributed by atoms with Gasteiger partial charge in [-0.1, -0.05) is 41.7 Å². The SMILES string of the molecule is COC(=O)c1ccc(-c2nnc(C3=CCC(CN4CCOCC4)C=C3)s2)cc1. The number of hydrogen-bond acceptors (Lipinski definition) is 7. The maximum absolute atomic E-state index is 11.6. The highest BCUT2D eigenvalue weighted by Crippen LogP contribution is 2.31. The molecule has 1 aliphatic heterocycles. The van der Waals surface area contributed by atoms with E-state index < -0.39 is 0 Å². The fourth-order valence-electron chi connectivity index (χ4n) is 3.40. The third kappa shape index (κ3) is 4.38. The summed E-state index contributed by atoms with van der Waals surface area (Å²) in [5, 5.41) is 10.5. The molecule has 0 bridgehead atoms.